The predicted molar refractivity (Wildman–Crippen MR) is 304 cm³/mol. The van der Waals surface area contributed by atoms with E-state index in [1.807, 2.05) is 27.2 Å². The van der Waals surface area contributed by atoms with Crippen LogP contribution in [0.3, 0.4) is 0 Å². The third kappa shape index (κ3) is 54.2. The maximum atomic E-state index is 13.0. The molecule has 0 spiro atoms. The number of rotatable bonds is 55. The van der Waals surface area contributed by atoms with Gasteiger partial charge in [-0.25, -0.2) is 4.57 Å². The summed E-state index contributed by atoms with van der Waals surface area (Å²) in [7, 11) is 1.56. The van der Waals surface area contributed by atoms with Crippen LogP contribution in [0.2, 0.25) is 0 Å². The summed E-state index contributed by atoms with van der Waals surface area (Å²) in [5.74, 6) is -0.187. The largest absolute Gasteiger partial charge is 0.472 e. The second-order valence-corrected chi connectivity index (χ2v) is 23.2. The summed E-state index contributed by atoms with van der Waals surface area (Å²) in [4.78, 5) is 23.3. The lowest BCUT2D eigenvalue weighted by atomic mass is 10.0. The third-order valence-electron chi connectivity index (χ3n) is 13.5. The molecule has 0 heterocycles. The van der Waals surface area contributed by atoms with Crippen LogP contribution in [0.15, 0.2) is 48.6 Å². The Hall–Kier alpha value is -1.54. The Kier molecular flexibility index (Phi) is 51.2. The summed E-state index contributed by atoms with van der Waals surface area (Å²) in [5.41, 5.74) is 0. The van der Waals surface area contributed by atoms with Crippen molar-refractivity contribution in [2.75, 3.05) is 40.9 Å². The number of unbranched alkanes of at least 4 members (excludes halogenated alkanes) is 36. The van der Waals surface area contributed by atoms with Gasteiger partial charge in [-0.05, 0) is 64.2 Å². The smallest absolute Gasteiger partial charge is 0.387 e. The highest BCUT2D eigenvalue weighted by Gasteiger charge is 2.27. The van der Waals surface area contributed by atoms with Crippen molar-refractivity contribution in [3.8, 4) is 0 Å². The molecule has 3 unspecified atom stereocenters. The number of allylic oxidation sites excluding steroid dienone is 7. The second-order valence-electron chi connectivity index (χ2n) is 21.7. The number of carbonyl (C=O) groups is 1. The number of amides is 1. The fraction of sp³-hybridized carbons (Fsp3) is 0.852. The number of hydrogen-bond donors (Lipinski definition) is 3. The van der Waals surface area contributed by atoms with Crippen molar-refractivity contribution in [2.45, 2.75) is 296 Å². The van der Waals surface area contributed by atoms with E-state index >= 15 is 0 Å². The van der Waals surface area contributed by atoms with Crippen molar-refractivity contribution < 1.29 is 32.9 Å². The number of aliphatic hydroxyl groups excluding tert-OH is 1. The van der Waals surface area contributed by atoms with Gasteiger partial charge in [0.15, 0.2) is 0 Å². The molecule has 3 atom stereocenters. The molecule has 0 radical (unpaired) electrons. The van der Waals surface area contributed by atoms with Gasteiger partial charge in [0, 0.05) is 6.42 Å². The van der Waals surface area contributed by atoms with Gasteiger partial charge in [-0.1, -0.05) is 262 Å². The lowest BCUT2D eigenvalue weighted by molar-refractivity contribution is -0.870. The quantitative estimate of drug-likeness (QED) is 0.0243. The normalized spacial score (nSPS) is 14.2. The summed E-state index contributed by atoms with van der Waals surface area (Å²) in [5, 5.41) is 13.9. The van der Waals surface area contributed by atoms with E-state index < -0.39 is 20.0 Å². The average Bonchev–Trinajstić information content (AvgIpc) is 3.32. The Labute approximate surface area is 435 Å². The Bertz CT molecular complexity index is 1280. The molecule has 0 aromatic heterocycles. The van der Waals surface area contributed by atoms with E-state index in [1.54, 1.807) is 6.08 Å². The molecule has 0 aromatic carbocycles. The predicted octanol–water partition coefficient (Wildman–Crippen LogP) is 18.3. The van der Waals surface area contributed by atoms with Crippen LogP contribution >= 0.6 is 7.82 Å². The van der Waals surface area contributed by atoms with Crippen molar-refractivity contribution in [1.29, 1.82) is 0 Å². The topological polar surface area (TPSA) is 105 Å². The Morgan fingerprint density at radius 1 is 0.486 bits per heavy atom. The van der Waals surface area contributed by atoms with Gasteiger partial charge in [-0.3, -0.25) is 13.8 Å². The zero-order chi connectivity index (χ0) is 51.3. The van der Waals surface area contributed by atoms with E-state index in [4.69, 9.17) is 9.05 Å². The Morgan fingerprint density at radius 3 is 1.23 bits per heavy atom. The van der Waals surface area contributed by atoms with Crippen LogP contribution in [0, 0.1) is 0 Å². The molecular weight excluding hydrogens is 888 g/mol. The minimum absolute atomic E-state index is 0.0554. The number of likely N-dealkylation sites (N-methyl/N-ethyl adjacent to an activating group) is 1. The SMILES string of the molecule is CCCCCCCCCCC/C=C\C/C=C\CCCCCCCCCCCCCC(=O)NC(COP(=O)(O)OCC[N+](C)(C)C)C(O)/C=C/CC/C=C/CCCCCCCCCCCCCCCCC. The van der Waals surface area contributed by atoms with E-state index in [1.165, 1.54) is 218 Å². The number of nitrogens with zero attached hydrogens (tertiary/aromatic N) is 1. The molecule has 0 saturated carbocycles. The molecule has 0 rings (SSSR count). The molecular formula is C61H118N2O6P+. The molecule has 0 aliphatic heterocycles. The summed E-state index contributed by atoms with van der Waals surface area (Å²) >= 11 is 0. The van der Waals surface area contributed by atoms with Gasteiger partial charge in [0.1, 0.15) is 13.2 Å². The van der Waals surface area contributed by atoms with Gasteiger partial charge in [0.25, 0.3) is 0 Å². The van der Waals surface area contributed by atoms with Crippen LogP contribution in [0.25, 0.3) is 0 Å². The number of aliphatic hydroxyl groups is 1. The van der Waals surface area contributed by atoms with Crippen LogP contribution in [0.4, 0.5) is 0 Å². The van der Waals surface area contributed by atoms with Gasteiger partial charge >= 0.3 is 7.82 Å². The first kappa shape index (κ1) is 68.5. The molecule has 3 N–H and O–H groups in total. The van der Waals surface area contributed by atoms with Crippen LogP contribution in [0.1, 0.15) is 284 Å². The average molecular weight is 1010 g/mol. The van der Waals surface area contributed by atoms with E-state index in [2.05, 4.69) is 55.6 Å². The highest BCUT2D eigenvalue weighted by molar-refractivity contribution is 7.47. The highest BCUT2D eigenvalue weighted by Crippen LogP contribution is 2.43. The fourth-order valence-corrected chi connectivity index (χ4v) is 9.53. The maximum Gasteiger partial charge on any atom is 0.472 e. The standard InChI is InChI=1S/C61H117N2O6P/c1-6-8-10-12-14-16-18-20-22-24-26-28-29-30-31-32-33-35-37-39-41-43-45-47-49-51-53-55-61(65)62-59(58-69-70(66,67)68-57-56-63(3,4)5)60(64)54-52-50-48-46-44-42-40-38-36-34-27-25-23-21-19-17-15-13-11-9-7-2/h26,28,30-31,44,46,52,54,59-60,64H,6-25,27,29,32-43,45,47-51,53,55-58H2,1-5H3,(H-,62,65,66,67)/p+1/b28-26-,31-30-,46-44+,54-52+. The third-order valence-corrected chi connectivity index (χ3v) is 14.5. The van der Waals surface area contributed by atoms with Crippen molar-refractivity contribution >= 4 is 13.7 Å². The minimum atomic E-state index is -4.36. The van der Waals surface area contributed by atoms with E-state index in [0.717, 1.165) is 44.9 Å². The fourth-order valence-electron chi connectivity index (χ4n) is 8.80. The van der Waals surface area contributed by atoms with Crippen LogP contribution in [-0.4, -0.2) is 73.4 Å². The van der Waals surface area contributed by atoms with Crippen molar-refractivity contribution in [1.82, 2.24) is 5.32 Å². The van der Waals surface area contributed by atoms with E-state index in [-0.39, 0.29) is 19.1 Å². The first-order chi connectivity index (χ1) is 34.0. The van der Waals surface area contributed by atoms with Gasteiger partial charge in [-0.15, -0.1) is 0 Å². The molecule has 0 aliphatic rings. The molecule has 8 nitrogen and oxygen atoms in total. The van der Waals surface area contributed by atoms with Gasteiger partial charge in [-0.2, -0.15) is 0 Å². The Morgan fingerprint density at radius 2 is 0.829 bits per heavy atom. The van der Waals surface area contributed by atoms with Crippen LogP contribution in [0.5, 0.6) is 0 Å². The zero-order valence-corrected chi connectivity index (χ0v) is 47.9. The molecule has 1 amide bonds. The lowest BCUT2D eigenvalue weighted by Crippen LogP contribution is -2.45. The zero-order valence-electron chi connectivity index (χ0n) is 47.0. The highest BCUT2D eigenvalue weighted by atomic mass is 31.2. The summed E-state index contributed by atoms with van der Waals surface area (Å²) in [6.07, 6.45) is 69.4. The Balaban J connectivity index is 4.22. The molecule has 412 valence electrons. The molecule has 0 aliphatic carbocycles. The molecule has 0 fully saturated rings. The van der Waals surface area contributed by atoms with Crippen LogP contribution in [-0.2, 0) is 18.4 Å². The molecule has 0 aromatic rings. The monoisotopic (exact) mass is 1010 g/mol. The number of quaternary nitrogens is 1. The first-order valence-electron chi connectivity index (χ1n) is 30.0. The van der Waals surface area contributed by atoms with E-state index in [9.17, 15) is 19.4 Å². The molecule has 0 bridgehead atoms. The molecule has 9 heteroatoms. The molecule has 0 saturated heterocycles. The minimum Gasteiger partial charge on any atom is -0.387 e. The summed E-state index contributed by atoms with van der Waals surface area (Å²) in [6.45, 7) is 4.82. The van der Waals surface area contributed by atoms with Crippen molar-refractivity contribution in [2.24, 2.45) is 0 Å². The van der Waals surface area contributed by atoms with Crippen LogP contribution < -0.4 is 5.32 Å². The molecule has 70 heavy (non-hydrogen) atoms. The first-order valence-corrected chi connectivity index (χ1v) is 31.5. The van der Waals surface area contributed by atoms with Crippen molar-refractivity contribution in [3.05, 3.63) is 48.6 Å². The second kappa shape index (κ2) is 52.3. The van der Waals surface area contributed by atoms with E-state index in [0.29, 0.717) is 17.4 Å². The lowest BCUT2D eigenvalue weighted by Gasteiger charge is -2.25. The summed E-state index contributed by atoms with van der Waals surface area (Å²) < 4.78 is 23.7. The number of phosphoric acid groups is 1. The maximum absolute atomic E-state index is 13.0. The van der Waals surface area contributed by atoms with Crippen molar-refractivity contribution in [3.63, 3.8) is 0 Å². The summed E-state index contributed by atoms with van der Waals surface area (Å²) in [6, 6.07) is -0.866. The number of hydrogen-bond acceptors (Lipinski definition) is 5. The number of phosphoric ester groups is 1. The number of nitrogens with one attached hydrogen (secondary N) is 1. The number of carbonyl (C=O) groups excluding carboxylic acids is 1. The van der Waals surface area contributed by atoms with Gasteiger partial charge < -0.3 is 19.8 Å². The van der Waals surface area contributed by atoms with Gasteiger partial charge in [0.05, 0.1) is 39.9 Å². The van der Waals surface area contributed by atoms with Gasteiger partial charge in [0.2, 0.25) is 5.91 Å².